The molecule has 0 aliphatic carbocycles. The lowest BCUT2D eigenvalue weighted by atomic mass is 10.2. The molecule has 0 atom stereocenters. The zero-order valence-electron chi connectivity index (χ0n) is 78.8. The van der Waals surface area contributed by atoms with Crippen molar-refractivity contribution >= 4 is 168 Å². The molecule has 7 aromatic heterocycles. The van der Waals surface area contributed by atoms with Crippen LogP contribution in [0.2, 0.25) is 34.0 Å². The van der Waals surface area contributed by atoms with Crippen molar-refractivity contribution in [3.8, 4) is 12.4 Å². The molecule has 0 bridgehead atoms. The van der Waals surface area contributed by atoms with Crippen molar-refractivity contribution in [3.05, 3.63) is 281 Å². The van der Waals surface area contributed by atoms with E-state index in [9.17, 15) is 70.8 Å². The van der Waals surface area contributed by atoms with Crippen LogP contribution in [-0.2, 0) is 50.6 Å². The second kappa shape index (κ2) is 65.3. The molecule has 6 fully saturated rings. The number of pyridine rings is 4. The number of ether oxygens (including phenoxy) is 1. The minimum absolute atomic E-state index is 0.243. The molecule has 65 heteroatoms. The topological polar surface area (TPSA) is 610 Å². The van der Waals surface area contributed by atoms with Crippen molar-refractivity contribution in [2.75, 3.05) is 160 Å². The summed E-state index contributed by atoms with van der Waals surface area (Å²) in [7, 11) is 14.4. The summed E-state index contributed by atoms with van der Waals surface area (Å²) in [6.45, 7) is 16.0. The lowest BCUT2D eigenvalue weighted by molar-refractivity contribution is -0.486. The van der Waals surface area contributed by atoms with Crippen LogP contribution in [0.3, 0.4) is 0 Å². The first-order valence-corrected chi connectivity index (χ1v) is 49.3. The van der Waals surface area contributed by atoms with Crippen molar-refractivity contribution in [2.45, 2.75) is 66.1 Å². The standard InChI is InChI=1S/C11H15ClN6O2.C11H14ClN5.C11H15ClN4O2.C10H11ClN4.C8H10ClN5O3S.C8H9ClN4O2S.C7H8ClN5O2S.C7H13N3O2S.C5H8N2O2S/c1-15-7-16(2)11(14-18(19)20)17(8-15)6-9-3-4-10(12)13-5-9;1-16(2)11(15-8-13)17(3)7-9-4-5-10(12)14-6-9;1-3-15(11(13-2)8-16(17)18)7-9-4-5-10(12)14-6-9;1-8(14-7-12)15(2)6-9-3-4-10(11)13-5-9;1-12-4-17-5-13(8(12)11-14(15)16)3-6-2-10-7(9)18-6;9-8-11-3-6(16-8)4-12-2-1-10-7(12)5-13(14)15;8-6-10-3-5(16-6)4-12-2-1-9-7(12)11-13(14)15;1-13-5-4-9-3-2-8-7(9)6-10(11)12;8-7(9)4-5-6-2-1-3-10-5/h3-5H,6-8H2,1-2H3;4-6H,7H2,1-3H3;4-6,8,13H,3,7H2,1-2H3;3-5H,6H2,1-2H3;2H,3-5H2,1H3;3,5,10H,1-2,4H2;3H,1-2,4H2,(H,9,11);6,8H,2-5H2,1H3;4,6H,1-3H2/b14-11+;;11-8+;;11-8+;7-5+;;;. The fraction of sp³-hybridized carbons (Fsp3) is 0.436. The van der Waals surface area contributed by atoms with E-state index in [1.54, 1.807) is 144 Å². The van der Waals surface area contributed by atoms with E-state index in [0.717, 1.165) is 112 Å². The highest BCUT2D eigenvalue weighted by Gasteiger charge is 2.30. The Morgan fingerprint density at radius 1 is 0.531 bits per heavy atom. The van der Waals surface area contributed by atoms with E-state index in [0.29, 0.717) is 160 Å². The Kier molecular flexibility index (Phi) is 55.0. The molecule has 774 valence electrons. The van der Waals surface area contributed by atoms with Gasteiger partial charge in [0.1, 0.15) is 60.2 Å². The van der Waals surface area contributed by atoms with E-state index in [-0.39, 0.29) is 25.4 Å². The molecule has 143 heavy (non-hydrogen) atoms. The van der Waals surface area contributed by atoms with E-state index in [1.807, 2.05) is 107 Å². The van der Waals surface area contributed by atoms with Gasteiger partial charge in [0, 0.05) is 204 Å². The number of halogens is 7. The third-order valence-electron chi connectivity index (χ3n) is 18.5. The van der Waals surface area contributed by atoms with Crippen LogP contribution in [0.25, 0.3) is 0 Å². The van der Waals surface area contributed by atoms with Gasteiger partial charge in [-0.1, -0.05) is 105 Å². The van der Waals surface area contributed by atoms with E-state index >= 15 is 0 Å². The number of nitrogens with one attached hydrogen (secondary N) is 5. The Balaban J connectivity index is 0.000000285. The minimum Gasteiger partial charge on any atom is -0.375 e. The van der Waals surface area contributed by atoms with Crippen LogP contribution >= 0.6 is 139 Å². The maximum atomic E-state index is 10.7. The predicted octanol–water partition coefficient (Wildman–Crippen LogP) is 10.5. The fourth-order valence-corrected chi connectivity index (χ4v) is 17.1. The average molecular weight is 2220 g/mol. The van der Waals surface area contributed by atoms with Crippen molar-refractivity contribution < 1.29 is 39.5 Å². The van der Waals surface area contributed by atoms with Gasteiger partial charge in [-0.25, -0.2) is 65.2 Å². The first-order valence-electron chi connectivity index (χ1n) is 41.8. The fourth-order valence-electron chi connectivity index (χ4n) is 12.4. The second-order valence-corrected chi connectivity index (χ2v) is 38.3. The number of amidine groups is 1. The quantitative estimate of drug-likeness (QED) is 0.00797. The number of nitriles is 2. The molecule has 0 aromatic carbocycles. The van der Waals surface area contributed by atoms with Gasteiger partial charge in [-0.2, -0.15) is 27.3 Å². The van der Waals surface area contributed by atoms with Gasteiger partial charge in [0.2, 0.25) is 18.3 Å². The highest BCUT2D eigenvalue weighted by Crippen LogP contribution is 2.26. The summed E-state index contributed by atoms with van der Waals surface area (Å²) in [6.07, 6.45) is 22.3. The molecule has 6 aliphatic rings. The number of hydrogen-bond donors (Lipinski definition) is 5. The van der Waals surface area contributed by atoms with Crippen LogP contribution < -0.4 is 26.6 Å². The Hall–Kier alpha value is -13.0. The van der Waals surface area contributed by atoms with Crippen molar-refractivity contribution in [1.29, 1.82) is 10.5 Å². The van der Waals surface area contributed by atoms with Crippen molar-refractivity contribution in [2.24, 2.45) is 25.3 Å². The summed E-state index contributed by atoms with van der Waals surface area (Å²) in [4.78, 5) is 131. The molecule has 0 spiro atoms. The Morgan fingerprint density at radius 3 is 1.41 bits per heavy atom. The lowest BCUT2D eigenvalue weighted by Gasteiger charge is -2.40. The van der Waals surface area contributed by atoms with Crippen molar-refractivity contribution in [1.82, 2.24) is 120 Å². The van der Waals surface area contributed by atoms with E-state index in [2.05, 4.69) is 86.8 Å². The van der Waals surface area contributed by atoms with E-state index in [1.165, 1.54) is 45.8 Å². The number of hydrazone groups is 3. The molecule has 5 N–H and O–H groups in total. The van der Waals surface area contributed by atoms with E-state index in [4.69, 9.17) is 96.5 Å². The van der Waals surface area contributed by atoms with Gasteiger partial charge in [0.15, 0.2) is 46.0 Å². The molecular weight excluding hydrogens is 2120 g/mol. The summed E-state index contributed by atoms with van der Waals surface area (Å²) in [5.41, 5.74) is 3.87. The van der Waals surface area contributed by atoms with Crippen LogP contribution in [-0.4, -0.2) is 318 Å². The third-order valence-corrected chi connectivity index (χ3v) is 24.4. The Labute approximate surface area is 876 Å². The van der Waals surface area contributed by atoms with Crippen LogP contribution in [0.5, 0.6) is 0 Å². The van der Waals surface area contributed by atoms with Gasteiger partial charge < -0.3 is 85.2 Å². The maximum Gasteiger partial charge on any atom is 0.277 e. The molecule has 0 unspecified atom stereocenters. The number of nitro groups is 7. The second-order valence-electron chi connectivity index (χ2n) is 29.6. The monoisotopic (exact) mass is 2220 g/mol. The van der Waals surface area contributed by atoms with Crippen LogP contribution in [0.15, 0.2) is 164 Å². The van der Waals surface area contributed by atoms with Gasteiger partial charge in [0.05, 0.1) is 52.7 Å². The Morgan fingerprint density at radius 2 is 0.986 bits per heavy atom. The average Bonchev–Trinajstić information content (AvgIpc) is 1.01. The van der Waals surface area contributed by atoms with Crippen LogP contribution in [0.4, 0.5) is 0 Å². The van der Waals surface area contributed by atoms with Crippen molar-refractivity contribution in [3.63, 3.8) is 0 Å². The number of guanidine groups is 4. The highest BCUT2D eigenvalue weighted by molar-refractivity contribution is 8.03. The lowest BCUT2D eigenvalue weighted by Crippen LogP contribution is -2.56. The smallest absolute Gasteiger partial charge is 0.277 e. The molecule has 0 amide bonds. The third kappa shape index (κ3) is 48.1. The minimum atomic E-state index is -0.718. The SMILES string of the molecule is CC(=NC#N)N(C)Cc1ccc(Cl)nc1.CCN(Cc1ccc(Cl)nc1)/C(=C/[N+](=O)[O-])NC.CN(C)C(=NC#N)N(C)Cc1ccc(Cl)nc1.CN1CN(C)/C(=N\[N+](=O)[O-])N(Cc2ccc(Cl)nc2)C1.CN1COCN(Cc2cnc(Cl)s2)/C1=N/[N+](=O)[O-].CSCCN1CCNC1=C[N+](=O)[O-].O=[N+]([O-])/C=C1\NCCN1Cc1cnc(Cl)s1.O=[N+]([O-])/N=C1\NCCN1Cc1cnc(Cl)s1.O=[N+]([O-])C=C1NCCCS1. The predicted molar refractivity (Wildman–Crippen MR) is 550 cm³/mol. The normalized spacial score (nSPS) is 16.1. The zero-order valence-corrected chi connectivity index (χ0v) is 88.2. The molecule has 0 radical (unpaired) electrons. The number of nitrogens with zero attached hydrogens (tertiary/aromatic N) is 33. The number of thiazole rings is 3. The van der Waals surface area contributed by atoms with Gasteiger partial charge >= 0.3 is 0 Å². The highest BCUT2D eigenvalue weighted by atomic mass is 35.5. The van der Waals surface area contributed by atoms with Crippen LogP contribution in [0, 0.1) is 93.7 Å². The maximum absolute atomic E-state index is 10.7. The number of aliphatic imine (C=N–C) groups is 2. The van der Waals surface area contributed by atoms with Crippen LogP contribution in [0.1, 0.15) is 57.2 Å². The van der Waals surface area contributed by atoms with Gasteiger partial charge in [0.25, 0.3) is 42.7 Å². The number of thioether (sulfide) groups is 2. The van der Waals surface area contributed by atoms with Gasteiger partial charge in [-0.15, -0.1) is 50.8 Å². The summed E-state index contributed by atoms with van der Waals surface area (Å²) in [5, 5.41) is 115. The van der Waals surface area contributed by atoms with Gasteiger partial charge in [-0.05, 0) is 80.1 Å². The Bertz CT molecular complexity index is 5540. The molecule has 6 aliphatic heterocycles. The number of rotatable bonds is 27. The molecular formula is C78H103Cl7N38O15S5. The van der Waals surface area contributed by atoms with Gasteiger partial charge in [-0.3, -0.25) is 45.4 Å². The molecule has 0 saturated carbocycles. The number of hydrogen-bond acceptors (Lipinski definition) is 39. The molecule has 13 heterocycles. The summed E-state index contributed by atoms with van der Waals surface area (Å²) in [6, 6.07) is 14.3. The molecule has 7 aromatic rings. The number of aromatic nitrogens is 7. The molecule has 6 saturated heterocycles. The summed E-state index contributed by atoms with van der Waals surface area (Å²) >= 11 is 47.3. The summed E-state index contributed by atoms with van der Waals surface area (Å²) in [5.74, 6) is 5.76. The largest absolute Gasteiger partial charge is 0.375 e. The summed E-state index contributed by atoms with van der Waals surface area (Å²) < 4.78 is 6.67. The molecule has 53 nitrogen and oxygen atoms in total. The molecule has 13 rings (SSSR count). The first kappa shape index (κ1) is 121. The zero-order chi connectivity index (χ0) is 106. The van der Waals surface area contributed by atoms with E-state index < -0.39 is 34.8 Å². The first-order chi connectivity index (χ1) is 68.1.